The molecule has 2 heterocycles. The van der Waals surface area contributed by atoms with Crippen LogP contribution < -0.4 is 4.74 Å². The maximum Gasteiger partial charge on any atom is 0.356 e. The van der Waals surface area contributed by atoms with Crippen molar-refractivity contribution in [3.05, 3.63) is 46.7 Å². The Bertz CT molecular complexity index is 916. The van der Waals surface area contributed by atoms with Gasteiger partial charge in [-0.2, -0.15) is 9.78 Å². The molecule has 2 aromatic rings. The Morgan fingerprint density at radius 2 is 1.90 bits per heavy atom. The molecule has 1 aliphatic heterocycles. The quantitative estimate of drug-likeness (QED) is 0.714. The van der Waals surface area contributed by atoms with E-state index in [1.807, 2.05) is 12.1 Å². The minimum absolute atomic E-state index is 0.133. The molecule has 0 saturated carbocycles. The Morgan fingerprint density at radius 3 is 2.50 bits per heavy atom. The van der Waals surface area contributed by atoms with E-state index in [1.54, 1.807) is 24.8 Å². The Kier molecular flexibility index (Phi) is 6.64. The van der Waals surface area contributed by atoms with Gasteiger partial charge in [0.2, 0.25) is 0 Å². The zero-order valence-corrected chi connectivity index (χ0v) is 17.7. The van der Waals surface area contributed by atoms with Crippen molar-refractivity contribution in [2.75, 3.05) is 32.8 Å². The monoisotopic (exact) mass is 436 g/mol. The van der Waals surface area contributed by atoms with Gasteiger partial charge in [0.05, 0.1) is 10.6 Å². The number of carbonyl (C=O) groups is 2. The summed E-state index contributed by atoms with van der Waals surface area (Å²) in [6.45, 7) is 6.34. The third kappa shape index (κ3) is 5.50. The Hall–Kier alpha value is -2.62. The first-order valence-corrected chi connectivity index (χ1v) is 9.95. The van der Waals surface area contributed by atoms with Gasteiger partial charge in [0.1, 0.15) is 12.4 Å². The Morgan fingerprint density at radius 1 is 1.20 bits per heavy atom. The van der Waals surface area contributed by atoms with Crippen LogP contribution in [0, 0.1) is 0 Å². The van der Waals surface area contributed by atoms with Gasteiger partial charge in [0.25, 0.3) is 0 Å². The fourth-order valence-corrected chi connectivity index (χ4v) is 3.31. The number of hydrogen-bond acceptors (Lipinski definition) is 6. The van der Waals surface area contributed by atoms with E-state index in [0.29, 0.717) is 43.5 Å². The normalized spacial score (nSPS) is 15.3. The Balaban J connectivity index is 1.57. The number of aliphatic hydroxyl groups is 1. The van der Waals surface area contributed by atoms with Gasteiger partial charge in [0, 0.05) is 38.9 Å². The van der Waals surface area contributed by atoms with Crippen LogP contribution >= 0.6 is 11.6 Å². The molecule has 1 amide bonds. The SMILES string of the molecule is CC(C)(O)COc1cccc(CN2CCN(C(=O)n3ccc(C(=O)O)n3)CC2)c1Cl. The number of aromatic carboxylic acids is 1. The van der Waals surface area contributed by atoms with Crippen LogP contribution in [-0.2, 0) is 6.54 Å². The van der Waals surface area contributed by atoms with Crippen LogP contribution in [0.3, 0.4) is 0 Å². The van der Waals surface area contributed by atoms with Gasteiger partial charge in [0.15, 0.2) is 5.69 Å². The lowest BCUT2D eigenvalue weighted by molar-refractivity contribution is 0.0284. The van der Waals surface area contributed by atoms with Crippen LogP contribution in [0.2, 0.25) is 5.02 Å². The van der Waals surface area contributed by atoms with E-state index >= 15 is 0 Å². The molecule has 0 unspecified atom stereocenters. The van der Waals surface area contributed by atoms with Crippen LogP contribution in [0.25, 0.3) is 0 Å². The lowest BCUT2D eigenvalue weighted by Gasteiger charge is -2.34. The molecule has 1 aromatic carbocycles. The third-order valence-electron chi connectivity index (χ3n) is 4.67. The van der Waals surface area contributed by atoms with Crippen molar-refractivity contribution in [2.24, 2.45) is 0 Å². The van der Waals surface area contributed by atoms with Crippen LogP contribution in [0.1, 0.15) is 29.9 Å². The molecule has 1 aromatic heterocycles. The van der Waals surface area contributed by atoms with Crippen LogP contribution in [0.15, 0.2) is 30.5 Å². The summed E-state index contributed by atoms with van der Waals surface area (Å²) in [5.41, 5.74) is -0.215. The average molecular weight is 437 g/mol. The zero-order chi connectivity index (χ0) is 21.9. The van der Waals surface area contributed by atoms with Gasteiger partial charge in [-0.25, -0.2) is 9.59 Å². The first-order valence-electron chi connectivity index (χ1n) is 9.57. The van der Waals surface area contributed by atoms with Crippen molar-refractivity contribution in [2.45, 2.75) is 26.0 Å². The van der Waals surface area contributed by atoms with E-state index in [0.717, 1.165) is 10.2 Å². The van der Waals surface area contributed by atoms with Crippen molar-refractivity contribution in [3.63, 3.8) is 0 Å². The maximum atomic E-state index is 12.5. The van der Waals surface area contributed by atoms with Gasteiger partial charge >= 0.3 is 12.0 Å². The molecule has 1 aliphatic rings. The molecule has 0 aliphatic carbocycles. The highest BCUT2D eigenvalue weighted by atomic mass is 35.5. The molecule has 0 radical (unpaired) electrons. The molecule has 0 spiro atoms. The molecule has 162 valence electrons. The molecular weight excluding hydrogens is 412 g/mol. The number of benzene rings is 1. The highest BCUT2D eigenvalue weighted by Crippen LogP contribution is 2.30. The summed E-state index contributed by atoms with van der Waals surface area (Å²) < 4.78 is 6.70. The number of carbonyl (C=O) groups excluding carboxylic acids is 1. The fraction of sp³-hybridized carbons (Fsp3) is 0.450. The predicted octanol–water partition coefficient (Wildman–Crippen LogP) is 2.17. The molecule has 1 saturated heterocycles. The third-order valence-corrected chi connectivity index (χ3v) is 5.09. The number of carboxylic acids is 1. The molecule has 1 fully saturated rings. The van der Waals surface area contributed by atoms with E-state index in [9.17, 15) is 14.7 Å². The van der Waals surface area contributed by atoms with Gasteiger partial charge in [-0.1, -0.05) is 23.7 Å². The first kappa shape index (κ1) is 22.1. The smallest absolute Gasteiger partial charge is 0.356 e. The lowest BCUT2D eigenvalue weighted by atomic mass is 10.1. The minimum atomic E-state index is -1.17. The van der Waals surface area contributed by atoms with Crippen molar-refractivity contribution in [3.8, 4) is 5.75 Å². The van der Waals surface area contributed by atoms with Gasteiger partial charge in [-0.05, 0) is 31.5 Å². The number of nitrogens with zero attached hydrogens (tertiary/aromatic N) is 4. The molecule has 9 nitrogen and oxygen atoms in total. The summed E-state index contributed by atoms with van der Waals surface area (Å²) in [4.78, 5) is 27.3. The molecule has 30 heavy (non-hydrogen) atoms. The molecule has 3 rings (SSSR count). The number of piperazine rings is 1. The summed E-state index contributed by atoms with van der Waals surface area (Å²) >= 11 is 6.49. The number of carboxylic acid groups (broad SMARTS) is 1. The second-order valence-corrected chi connectivity index (χ2v) is 8.20. The van der Waals surface area contributed by atoms with Gasteiger partial charge in [-0.3, -0.25) is 4.90 Å². The predicted molar refractivity (Wildman–Crippen MR) is 110 cm³/mol. The van der Waals surface area contributed by atoms with E-state index in [2.05, 4.69) is 10.00 Å². The van der Waals surface area contributed by atoms with Gasteiger partial charge < -0.3 is 19.8 Å². The van der Waals surface area contributed by atoms with Crippen molar-refractivity contribution in [1.29, 1.82) is 0 Å². The lowest BCUT2D eigenvalue weighted by Crippen LogP contribution is -2.49. The van der Waals surface area contributed by atoms with Gasteiger partial charge in [-0.15, -0.1) is 0 Å². The molecule has 2 N–H and O–H groups in total. The summed E-state index contributed by atoms with van der Waals surface area (Å²) in [5.74, 6) is -0.643. The first-order chi connectivity index (χ1) is 14.1. The van der Waals surface area contributed by atoms with E-state index < -0.39 is 11.6 Å². The Labute approximate surface area is 179 Å². The van der Waals surface area contributed by atoms with Crippen LogP contribution in [-0.4, -0.2) is 80.2 Å². The minimum Gasteiger partial charge on any atom is -0.489 e. The summed E-state index contributed by atoms with van der Waals surface area (Å²) in [6, 6.07) is 6.50. The second kappa shape index (κ2) is 9.03. The number of aromatic nitrogens is 2. The number of hydrogen-bond donors (Lipinski definition) is 2. The standard InChI is InChI=1S/C20H25ClN4O5/c1-20(2,29)13-30-16-5-3-4-14(17(16)21)12-23-8-10-24(11-9-23)19(28)25-7-6-15(22-25)18(26)27/h3-7,29H,8-13H2,1-2H3,(H,26,27). The summed E-state index contributed by atoms with van der Waals surface area (Å²) in [5, 5.41) is 23.1. The topological polar surface area (TPSA) is 108 Å². The summed E-state index contributed by atoms with van der Waals surface area (Å²) in [7, 11) is 0. The van der Waals surface area contributed by atoms with E-state index in [4.69, 9.17) is 21.4 Å². The van der Waals surface area contributed by atoms with Crippen LogP contribution in [0.5, 0.6) is 5.75 Å². The largest absolute Gasteiger partial charge is 0.489 e. The molecular formula is C20H25ClN4O5. The number of rotatable bonds is 6. The average Bonchev–Trinajstić information content (AvgIpc) is 3.18. The van der Waals surface area contributed by atoms with Crippen molar-refractivity contribution >= 4 is 23.6 Å². The molecule has 0 bridgehead atoms. The molecule has 0 atom stereocenters. The highest BCUT2D eigenvalue weighted by Gasteiger charge is 2.24. The molecule has 10 heteroatoms. The number of ether oxygens (including phenoxy) is 1. The number of halogens is 1. The second-order valence-electron chi connectivity index (χ2n) is 7.83. The van der Waals surface area contributed by atoms with Crippen molar-refractivity contribution in [1.82, 2.24) is 19.6 Å². The number of amides is 1. The maximum absolute atomic E-state index is 12.5. The fourth-order valence-electron chi connectivity index (χ4n) is 3.07. The summed E-state index contributed by atoms with van der Waals surface area (Å²) in [6.07, 6.45) is 1.36. The van der Waals surface area contributed by atoms with Crippen molar-refractivity contribution < 1.29 is 24.5 Å². The van der Waals surface area contributed by atoms with Crippen LogP contribution in [0.4, 0.5) is 4.79 Å². The highest BCUT2D eigenvalue weighted by molar-refractivity contribution is 6.32. The van der Waals surface area contributed by atoms with E-state index in [1.165, 1.54) is 12.3 Å². The van der Waals surface area contributed by atoms with E-state index in [-0.39, 0.29) is 18.3 Å². The zero-order valence-electron chi connectivity index (χ0n) is 16.9.